The van der Waals surface area contributed by atoms with Gasteiger partial charge in [0.25, 0.3) is 5.91 Å². The lowest BCUT2D eigenvalue weighted by Crippen LogP contribution is -2.42. The zero-order chi connectivity index (χ0) is 16.2. The molecule has 1 atom stereocenters. The van der Waals surface area contributed by atoms with Crippen LogP contribution >= 0.6 is 0 Å². The van der Waals surface area contributed by atoms with Gasteiger partial charge in [0.1, 0.15) is 17.5 Å². The highest BCUT2D eigenvalue weighted by Crippen LogP contribution is 2.10. The number of hydrogen-bond acceptors (Lipinski definition) is 5. The maximum Gasteiger partial charge on any atom is 0.328 e. The summed E-state index contributed by atoms with van der Waals surface area (Å²) in [6, 6.07) is 2.69. The number of anilines is 1. The van der Waals surface area contributed by atoms with Gasteiger partial charge in [0, 0.05) is 20.3 Å². The summed E-state index contributed by atoms with van der Waals surface area (Å²) < 4.78 is 5.21. The molecule has 1 amide bonds. The zero-order valence-electron chi connectivity index (χ0n) is 13.4. The Hall–Kier alpha value is -2.11. The fourth-order valence-corrected chi connectivity index (χ4v) is 1.51. The number of carbonyl (C=O) groups excluding carboxylic acids is 2. The number of aromatic nitrogens is 1. The van der Waals surface area contributed by atoms with E-state index in [0.29, 0.717) is 5.56 Å². The summed E-state index contributed by atoms with van der Waals surface area (Å²) >= 11 is 0. The van der Waals surface area contributed by atoms with Gasteiger partial charge in [-0.2, -0.15) is 0 Å². The van der Waals surface area contributed by atoms with E-state index in [1.54, 1.807) is 39.8 Å². The van der Waals surface area contributed by atoms with Crippen molar-refractivity contribution in [2.75, 3.05) is 19.0 Å². The molecule has 0 saturated heterocycles. The summed E-state index contributed by atoms with van der Waals surface area (Å²) in [6.45, 7) is 6.93. The minimum Gasteiger partial charge on any atom is -0.458 e. The van der Waals surface area contributed by atoms with Crippen LogP contribution in [0.3, 0.4) is 0 Å². The molecule has 1 aromatic rings. The van der Waals surface area contributed by atoms with Crippen molar-refractivity contribution in [3.8, 4) is 0 Å². The monoisotopic (exact) mass is 293 g/mol. The van der Waals surface area contributed by atoms with Crippen molar-refractivity contribution in [3.63, 3.8) is 0 Å². The van der Waals surface area contributed by atoms with Crippen molar-refractivity contribution in [1.82, 2.24) is 10.3 Å². The Morgan fingerprint density at radius 3 is 2.33 bits per heavy atom. The van der Waals surface area contributed by atoms with Crippen molar-refractivity contribution < 1.29 is 14.3 Å². The van der Waals surface area contributed by atoms with Crippen LogP contribution in [-0.2, 0) is 9.53 Å². The van der Waals surface area contributed by atoms with Gasteiger partial charge in [-0.1, -0.05) is 0 Å². The molecule has 116 valence electrons. The van der Waals surface area contributed by atoms with Gasteiger partial charge in [-0.3, -0.25) is 4.79 Å². The Bertz CT molecular complexity index is 504. The van der Waals surface area contributed by atoms with Crippen LogP contribution < -0.4 is 10.2 Å². The third-order valence-corrected chi connectivity index (χ3v) is 2.58. The quantitative estimate of drug-likeness (QED) is 0.854. The summed E-state index contributed by atoms with van der Waals surface area (Å²) in [6.07, 6.45) is 1.48. The highest BCUT2D eigenvalue weighted by atomic mass is 16.6. The first kappa shape index (κ1) is 16.9. The Morgan fingerprint density at radius 2 is 1.90 bits per heavy atom. The molecular formula is C15H23N3O3. The van der Waals surface area contributed by atoms with Crippen molar-refractivity contribution in [2.45, 2.75) is 39.3 Å². The predicted octanol–water partition coefficient (Wildman–Crippen LogP) is 1.61. The predicted molar refractivity (Wildman–Crippen MR) is 81.3 cm³/mol. The lowest BCUT2D eigenvalue weighted by atomic mass is 10.2. The van der Waals surface area contributed by atoms with Crippen LogP contribution in [0.5, 0.6) is 0 Å². The lowest BCUT2D eigenvalue weighted by molar-refractivity contribution is -0.156. The van der Waals surface area contributed by atoms with Gasteiger partial charge in [0.05, 0.1) is 5.56 Å². The number of nitrogens with zero attached hydrogens (tertiary/aromatic N) is 2. The Balaban J connectivity index is 2.66. The van der Waals surface area contributed by atoms with E-state index < -0.39 is 17.6 Å². The minimum absolute atomic E-state index is 0.355. The van der Waals surface area contributed by atoms with Gasteiger partial charge in [0.15, 0.2) is 0 Å². The zero-order valence-corrected chi connectivity index (χ0v) is 13.4. The molecule has 1 N–H and O–H groups in total. The van der Waals surface area contributed by atoms with E-state index in [2.05, 4.69) is 10.3 Å². The van der Waals surface area contributed by atoms with Crippen molar-refractivity contribution in [1.29, 1.82) is 0 Å². The van der Waals surface area contributed by atoms with Crippen LogP contribution in [0.4, 0.5) is 5.82 Å². The van der Waals surface area contributed by atoms with Crippen LogP contribution in [0.1, 0.15) is 38.1 Å². The average Bonchev–Trinajstić information content (AvgIpc) is 2.36. The fraction of sp³-hybridized carbons (Fsp3) is 0.533. The summed E-state index contributed by atoms with van der Waals surface area (Å²) in [5, 5.41) is 2.60. The van der Waals surface area contributed by atoms with Gasteiger partial charge < -0.3 is 15.0 Å². The van der Waals surface area contributed by atoms with Crippen LogP contribution in [0.2, 0.25) is 0 Å². The first-order chi connectivity index (χ1) is 9.60. The van der Waals surface area contributed by atoms with Crippen molar-refractivity contribution in [2.24, 2.45) is 0 Å². The molecule has 1 heterocycles. The second kappa shape index (κ2) is 6.56. The van der Waals surface area contributed by atoms with E-state index in [-0.39, 0.29) is 5.91 Å². The molecule has 0 radical (unpaired) electrons. The average molecular weight is 293 g/mol. The maximum absolute atomic E-state index is 12.0. The normalized spacial score (nSPS) is 12.5. The molecule has 0 fully saturated rings. The molecule has 0 aromatic carbocycles. The number of esters is 1. The minimum atomic E-state index is -0.717. The van der Waals surface area contributed by atoms with Crippen LogP contribution in [-0.4, -0.2) is 42.6 Å². The van der Waals surface area contributed by atoms with E-state index >= 15 is 0 Å². The number of amides is 1. The third kappa shape index (κ3) is 5.41. The van der Waals surface area contributed by atoms with Gasteiger partial charge in [-0.25, -0.2) is 9.78 Å². The Morgan fingerprint density at radius 1 is 1.29 bits per heavy atom. The summed E-state index contributed by atoms with van der Waals surface area (Å²) in [7, 11) is 3.74. The number of nitrogens with one attached hydrogen (secondary N) is 1. The van der Waals surface area contributed by atoms with Crippen molar-refractivity contribution >= 4 is 17.7 Å². The first-order valence-electron chi connectivity index (χ1n) is 6.77. The molecule has 0 aliphatic heterocycles. The molecule has 0 unspecified atom stereocenters. The topological polar surface area (TPSA) is 71.5 Å². The largest absolute Gasteiger partial charge is 0.458 e. The van der Waals surface area contributed by atoms with E-state index in [1.807, 2.05) is 19.0 Å². The van der Waals surface area contributed by atoms with Gasteiger partial charge in [-0.15, -0.1) is 0 Å². The number of ether oxygens (including phenoxy) is 1. The maximum atomic E-state index is 12.0. The molecule has 6 heteroatoms. The SMILES string of the molecule is C[C@H](NC(=O)c1ccc(N(C)C)nc1)C(=O)OC(C)(C)C. The molecule has 1 aromatic heterocycles. The number of carbonyl (C=O) groups is 2. The van der Waals surface area contributed by atoms with E-state index in [0.717, 1.165) is 5.82 Å². The molecule has 6 nitrogen and oxygen atoms in total. The third-order valence-electron chi connectivity index (χ3n) is 2.58. The summed E-state index contributed by atoms with van der Waals surface area (Å²) in [5.41, 5.74) is -0.179. The molecule has 1 rings (SSSR count). The lowest BCUT2D eigenvalue weighted by Gasteiger charge is -2.22. The highest BCUT2D eigenvalue weighted by Gasteiger charge is 2.23. The van der Waals surface area contributed by atoms with E-state index in [4.69, 9.17) is 4.74 Å². The summed E-state index contributed by atoms with van der Waals surface area (Å²) in [5.74, 6) is -0.0633. The molecular weight excluding hydrogens is 270 g/mol. The number of hydrogen-bond donors (Lipinski definition) is 1. The molecule has 0 saturated carbocycles. The number of rotatable bonds is 4. The standard InChI is InChI=1S/C15H23N3O3/c1-10(14(20)21-15(2,3)4)17-13(19)11-7-8-12(16-9-11)18(5)6/h7-10H,1-6H3,(H,17,19)/t10-/m0/s1. The Kier molecular flexibility index (Phi) is 5.29. The Labute approximate surface area is 125 Å². The number of pyridine rings is 1. The fourth-order valence-electron chi connectivity index (χ4n) is 1.51. The molecule has 0 bridgehead atoms. The van der Waals surface area contributed by atoms with Crippen molar-refractivity contribution in [3.05, 3.63) is 23.9 Å². The van der Waals surface area contributed by atoms with Gasteiger partial charge in [0.2, 0.25) is 0 Å². The van der Waals surface area contributed by atoms with Crippen LogP contribution in [0.15, 0.2) is 18.3 Å². The molecule has 0 spiro atoms. The van der Waals surface area contributed by atoms with Gasteiger partial charge in [-0.05, 0) is 39.8 Å². The second-order valence-electron chi connectivity index (χ2n) is 6.03. The second-order valence-corrected chi connectivity index (χ2v) is 6.03. The van der Waals surface area contributed by atoms with E-state index in [9.17, 15) is 9.59 Å². The smallest absolute Gasteiger partial charge is 0.328 e. The molecule has 21 heavy (non-hydrogen) atoms. The highest BCUT2D eigenvalue weighted by molar-refractivity contribution is 5.96. The molecule has 0 aliphatic carbocycles. The summed E-state index contributed by atoms with van der Waals surface area (Å²) in [4.78, 5) is 29.8. The molecule has 0 aliphatic rings. The van der Waals surface area contributed by atoms with E-state index in [1.165, 1.54) is 6.20 Å². The van der Waals surface area contributed by atoms with Gasteiger partial charge >= 0.3 is 5.97 Å². The first-order valence-corrected chi connectivity index (χ1v) is 6.77. The van der Waals surface area contributed by atoms with Crippen LogP contribution in [0.25, 0.3) is 0 Å². The van der Waals surface area contributed by atoms with Crippen LogP contribution in [0, 0.1) is 0 Å².